The number of hydrogen-bond donors (Lipinski definition) is 2. The number of hydrogen-bond acceptors (Lipinski definition) is 5. The van der Waals surface area contributed by atoms with E-state index < -0.39 is 0 Å². The van der Waals surface area contributed by atoms with Gasteiger partial charge in [0, 0.05) is 19.7 Å². The molecule has 0 atom stereocenters. The smallest absolute Gasteiger partial charge is 0.239 e. The summed E-state index contributed by atoms with van der Waals surface area (Å²) in [5.41, 5.74) is 0. The molecular weight excluding hydrogens is 276 g/mol. The number of anilines is 1. The summed E-state index contributed by atoms with van der Waals surface area (Å²) in [5, 5.41) is 5.57. The number of carbonyl (C=O) groups excluding carboxylic acids is 1. The SMILES string of the molecule is COCCNC(=O)CNc1cc(Br)ncn1. The number of nitrogens with zero attached hydrogens (tertiary/aromatic N) is 2. The van der Waals surface area contributed by atoms with Crippen molar-refractivity contribution in [3.8, 4) is 0 Å². The average Bonchev–Trinajstić information content (AvgIpc) is 2.27. The van der Waals surface area contributed by atoms with Crippen molar-refractivity contribution < 1.29 is 9.53 Å². The molecule has 0 aliphatic carbocycles. The summed E-state index contributed by atoms with van der Waals surface area (Å²) in [5.74, 6) is 0.496. The maximum Gasteiger partial charge on any atom is 0.239 e. The zero-order chi connectivity index (χ0) is 11.8. The predicted octanol–water partition coefficient (Wildman–Crippen LogP) is 0.414. The Bertz CT molecular complexity index is 348. The van der Waals surface area contributed by atoms with Crippen LogP contribution in [0, 0.1) is 0 Å². The largest absolute Gasteiger partial charge is 0.383 e. The molecule has 7 heteroatoms. The van der Waals surface area contributed by atoms with Crippen LogP contribution in [0.5, 0.6) is 0 Å². The van der Waals surface area contributed by atoms with Gasteiger partial charge in [-0.3, -0.25) is 4.79 Å². The molecule has 0 saturated heterocycles. The number of carbonyl (C=O) groups is 1. The summed E-state index contributed by atoms with van der Waals surface area (Å²) in [6.45, 7) is 1.18. The molecule has 2 N–H and O–H groups in total. The molecule has 0 fully saturated rings. The molecule has 16 heavy (non-hydrogen) atoms. The van der Waals surface area contributed by atoms with Gasteiger partial charge in [0.15, 0.2) is 0 Å². The highest BCUT2D eigenvalue weighted by molar-refractivity contribution is 9.10. The van der Waals surface area contributed by atoms with Gasteiger partial charge < -0.3 is 15.4 Å². The van der Waals surface area contributed by atoms with E-state index in [1.165, 1.54) is 6.33 Å². The molecule has 0 bridgehead atoms. The molecule has 88 valence electrons. The third kappa shape index (κ3) is 5.04. The van der Waals surface area contributed by atoms with Crippen LogP contribution in [0.2, 0.25) is 0 Å². The molecule has 0 aliphatic heterocycles. The van der Waals surface area contributed by atoms with Crippen LogP contribution in [-0.2, 0) is 9.53 Å². The summed E-state index contributed by atoms with van der Waals surface area (Å²) >= 11 is 3.21. The fourth-order valence-electron chi connectivity index (χ4n) is 0.956. The van der Waals surface area contributed by atoms with Crippen molar-refractivity contribution in [3.05, 3.63) is 17.0 Å². The Balaban J connectivity index is 2.26. The van der Waals surface area contributed by atoms with E-state index in [0.717, 1.165) is 0 Å². The lowest BCUT2D eigenvalue weighted by Gasteiger charge is -2.06. The second kappa shape index (κ2) is 7.13. The van der Waals surface area contributed by atoms with E-state index in [0.29, 0.717) is 23.6 Å². The van der Waals surface area contributed by atoms with Crippen molar-refractivity contribution in [2.24, 2.45) is 0 Å². The molecule has 6 nitrogen and oxygen atoms in total. The number of amides is 1. The first-order chi connectivity index (χ1) is 7.72. The van der Waals surface area contributed by atoms with Crippen LogP contribution in [0.3, 0.4) is 0 Å². The number of methoxy groups -OCH3 is 1. The highest BCUT2D eigenvalue weighted by Crippen LogP contribution is 2.08. The minimum atomic E-state index is -0.105. The van der Waals surface area contributed by atoms with E-state index >= 15 is 0 Å². The van der Waals surface area contributed by atoms with Gasteiger partial charge in [0.1, 0.15) is 16.7 Å². The van der Waals surface area contributed by atoms with Crippen LogP contribution in [0.1, 0.15) is 0 Å². The fourth-order valence-corrected chi connectivity index (χ4v) is 1.26. The van der Waals surface area contributed by atoms with E-state index in [2.05, 4.69) is 36.5 Å². The van der Waals surface area contributed by atoms with Crippen molar-refractivity contribution in [2.45, 2.75) is 0 Å². The molecule has 1 amide bonds. The van der Waals surface area contributed by atoms with Crippen molar-refractivity contribution in [1.29, 1.82) is 0 Å². The molecule has 1 aromatic heterocycles. The van der Waals surface area contributed by atoms with Gasteiger partial charge in [0.05, 0.1) is 13.2 Å². The number of ether oxygens (including phenoxy) is 1. The van der Waals surface area contributed by atoms with Gasteiger partial charge in [0.25, 0.3) is 0 Å². The molecule has 0 unspecified atom stereocenters. The van der Waals surface area contributed by atoms with Crippen molar-refractivity contribution in [3.63, 3.8) is 0 Å². The molecular formula is C9H13BrN4O2. The van der Waals surface area contributed by atoms with Crippen molar-refractivity contribution >= 4 is 27.7 Å². The van der Waals surface area contributed by atoms with Gasteiger partial charge in [-0.05, 0) is 15.9 Å². The van der Waals surface area contributed by atoms with Gasteiger partial charge in [-0.25, -0.2) is 9.97 Å². The van der Waals surface area contributed by atoms with Crippen LogP contribution in [-0.4, -0.2) is 42.7 Å². The van der Waals surface area contributed by atoms with E-state index in [1.54, 1.807) is 13.2 Å². The Morgan fingerprint density at radius 3 is 3.06 bits per heavy atom. The van der Waals surface area contributed by atoms with Crippen molar-refractivity contribution in [1.82, 2.24) is 15.3 Å². The first-order valence-electron chi connectivity index (χ1n) is 4.69. The lowest BCUT2D eigenvalue weighted by atomic mass is 10.5. The molecule has 1 rings (SSSR count). The Morgan fingerprint density at radius 2 is 2.38 bits per heavy atom. The van der Waals surface area contributed by atoms with Crippen molar-refractivity contribution in [2.75, 3.05) is 32.1 Å². The zero-order valence-corrected chi connectivity index (χ0v) is 10.5. The highest BCUT2D eigenvalue weighted by atomic mass is 79.9. The van der Waals surface area contributed by atoms with Crippen LogP contribution in [0.4, 0.5) is 5.82 Å². The summed E-state index contributed by atoms with van der Waals surface area (Å²) < 4.78 is 5.48. The second-order valence-electron chi connectivity index (χ2n) is 2.92. The number of nitrogens with one attached hydrogen (secondary N) is 2. The zero-order valence-electron chi connectivity index (χ0n) is 8.86. The van der Waals surface area contributed by atoms with E-state index in [1.807, 2.05) is 0 Å². The number of halogens is 1. The predicted molar refractivity (Wildman–Crippen MR) is 63.1 cm³/mol. The third-order valence-corrected chi connectivity index (χ3v) is 2.13. The second-order valence-corrected chi connectivity index (χ2v) is 3.73. The fraction of sp³-hybridized carbons (Fsp3) is 0.444. The molecule has 0 aliphatic rings. The van der Waals surface area contributed by atoms with Crippen LogP contribution in [0.15, 0.2) is 17.0 Å². The molecule has 0 aromatic carbocycles. The van der Waals surface area contributed by atoms with Gasteiger partial charge in [-0.2, -0.15) is 0 Å². The summed E-state index contributed by atoms with van der Waals surface area (Å²) in [6.07, 6.45) is 1.41. The molecule has 0 radical (unpaired) electrons. The van der Waals surface area contributed by atoms with E-state index in [4.69, 9.17) is 4.74 Å². The molecule has 1 aromatic rings. The monoisotopic (exact) mass is 288 g/mol. The third-order valence-electron chi connectivity index (χ3n) is 1.69. The first-order valence-corrected chi connectivity index (χ1v) is 5.48. The summed E-state index contributed by atoms with van der Waals surface area (Å²) in [7, 11) is 1.59. The molecule has 1 heterocycles. The van der Waals surface area contributed by atoms with E-state index in [9.17, 15) is 4.79 Å². The highest BCUT2D eigenvalue weighted by Gasteiger charge is 2.01. The Morgan fingerprint density at radius 1 is 1.56 bits per heavy atom. The number of rotatable bonds is 6. The molecule has 0 saturated carbocycles. The van der Waals surface area contributed by atoms with Gasteiger partial charge in [-0.15, -0.1) is 0 Å². The minimum Gasteiger partial charge on any atom is -0.383 e. The quantitative estimate of drug-likeness (QED) is 0.586. The Hall–Kier alpha value is -1.21. The van der Waals surface area contributed by atoms with E-state index in [-0.39, 0.29) is 12.5 Å². The lowest BCUT2D eigenvalue weighted by Crippen LogP contribution is -2.32. The standard InChI is InChI=1S/C9H13BrN4O2/c1-16-3-2-11-9(15)5-12-8-4-7(10)13-6-14-8/h4,6H,2-3,5H2,1H3,(H,11,15)(H,12,13,14). The Labute approximate surface area is 102 Å². The normalized spacial score (nSPS) is 9.88. The van der Waals surface area contributed by atoms with Gasteiger partial charge in [0.2, 0.25) is 5.91 Å². The maximum atomic E-state index is 11.3. The topological polar surface area (TPSA) is 76.1 Å². The number of aromatic nitrogens is 2. The van der Waals surface area contributed by atoms with Crippen LogP contribution < -0.4 is 10.6 Å². The molecule has 0 spiro atoms. The van der Waals surface area contributed by atoms with Gasteiger partial charge >= 0.3 is 0 Å². The Kier molecular flexibility index (Phi) is 5.73. The average molecular weight is 289 g/mol. The first kappa shape index (κ1) is 12.9. The summed E-state index contributed by atoms with van der Waals surface area (Å²) in [6, 6.07) is 1.70. The minimum absolute atomic E-state index is 0.105. The van der Waals surface area contributed by atoms with Gasteiger partial charge in [-0.1, -0.05) is 0 Å². The van der Waals surface area contributed by atoms with Crippen LogP contribution in [0.25, 0.3) is 0 Å². The lowest BCUT2D eigenvalue weighted by molar-refractivity contribution is -0.119. The van der Waals surface area contributed by atoms with Crippen LogP contribution >= 0.6 is 15.9 Å². The summed E-state index contributed by atoms with van der Waals surface area (Å²) in [4.78, 5) is 19.1. The maximum absolute atomic E-state index is 11.3.